The van der Waals surface area contributed by atoms with E-state index in [0.717, 1.165) is 25.1 Å². The maximum atomic E-state index is 13.1. The van der Waals surface area contributed by atoms with Crippen molar-refractivity contribution in [1.82, 2.24) is 4.90 Å². The predicted molar refractivity (Wildman–Crippen MR) is 86.8 cm³/mol. The van der Waals surface area contributed by atoms with Gasteiger partial charge in [-0.15, -0.1) is 0 Å². The zero-order chi connectivity index (χ0) is 15.5. The number of hydrogen-bond acceptors (Lipinski definition) is 2. The van der Waals surface area contributed by atoms with Crippen molar-refractivity contribution in [3.05, 3.63) is 35.6 Å². The summed E-state index contributed by atoms with van der Waals surface area (Å²) in [7, 11) is 0. The van der Waals surface area contributed by atoms with Crippen LogP contribution >= 0.6 is 0 Å². The van der Waals surface area contributed by atoms with Crippen molar-refractivity contribution in [3.63, 3.8) is 0 Å². The van der Waals surface area contributed by atoms with Crippen molar-refractivity contribution < 1.29 is 4.39 Å². The van der Waals surface area contributed by atoms with Gasteiger partial charge in [0, 0.05) is 18.6 Å². The van der Waals surface area contributed by atoms with Gasteiger partial charge >= 0.3 is 0 Å². The monoisotopic (exact) mass is 292 g/mol. The van der Waals surface area contributed by atoms with Crippen LogP contribution in [0.25, 0.3) is 0 Å². The molecule has 118 valence electrons. The minimum Gasteiger partial charge on any atom is -0.329 e. The van der Waals surface area contributed by atoms with Gasteiger partial charge in [-0.05, 0) is 62.3 Å². The molecule has 1 aromatic carbocycles. The van der Waals surface area contributed by atoms with Gasteiger partial charge in [0.05, 0.1) is 0 Å². The highest BCUT2D eigenvalue weighted by Crippen LogP contribution is 2.40. The second kappa shape index (κ2) is 6.45. The summed E-state index contributed by atoms with van der Waals surface area (Å²) in [5, 5.41) is 0. The van der Waals surface area contributed by atoms with Gasteiger partial charge in [-0.2, -0.15) is 0 Å². The minimum absolute atomic E-state index is 0.0378. The van der Waals surface area contributed by atoms with E-state index in [2.05, 4.69) is 25.7 Å². The van der Waals surface area contributed by atoms with E-state index in [4.69, 9.17) is 5.73 Å². The molecular weight excluding hydrogens is 263 g/mol. The number of likely N-dealkylation sites (tertiary alicyclic amines) is 1. The van der Waals surface area contributed by atoms with Crippen molar-refractivity contribution >= 4 is 0 Å². The lowest BCUT2D eigenvalue weighted by molar-refractivity contribution is 0.118. The summed E-state index contributed by atoms with van der Waals surface area (Å²) in [6.07, 6.45) is 4.61. The van der Waals surface area contributed by atoms with Crippen LogP contribution in [0.5, 0.6) is 0 Å². The first-order valence-electron chi connectivity index (χ1n) is 8.16. The Bertz CT molecular complexity index is 453. The third kappa shape index (κ3) is 3.46. The molecule has 1 atom stereocenters. The largest absolute Gasteiger partial charge is 0.329 e. The van der Waals surface area contributed by atoms with E-state index in [9.17, 15) is 4.39 Å². The van der Waals surface area contributed by atoms with Gasteiger partial charge in [0.15, 0.2) is 0 Å². The first-order chi connectivity index (χ1) is 9.97. The van der Waals surface area contributed by atoms with Gasteiger partial charge in [0.1, 0.15) is 5.82 Å². The van der Waals surface area contributed by atoms with Crippen molar-refractivity contribution in [2.45, 2.75) is 52.0 Å². The van der Waals surface area contributed by atoms with Crippen LogP contribution in [0.3, 0.4) is 0 Å². The molecule has 0 amide bonds. The van der Waals surface area contributed by atoms with Crippen LogP contribution in [-0.4, -0.2) is 30.1 Å². The van der Waals surface area contributed by atoms with Crippen LogP contribution in [0.4, 0.5) is 4.39 Å². The molecule has 0 aromatic heterocycles. The molecule has 3 heteroatoms. The Hall–Kier alpha value is -0.930. The van der Waals surface area contributed by atoms with Gasteiger partial charge in [0.2, 0.25) is 0 Å². The molecular formula is C18H29FN2. The van der Waals surface area contributed by atoms with Crippen molar-refractivity contribution in [2.24, 2.45) is 11.1 Å². The predicted octanol–water partition coefficient (Wildman–Crippen LogP) is 3.60. The Balaban J connectivity index is 2.12. The quantitative estimate of drug-likeness (QED) is 0.868. The molecule has 2 rings (SSSR count). The van der Waals surface area contributed by atoms with Crippen molar-refractivity contribution in [1.29, 1.82) is 0 Å². The lowest BCUT2D eigenvalue weighted by Crippen LogP contribution is -2.52. The molecule has 1 aliphatic heterocycles. The molecule has 1 saturated heterocycles. The number of hydrogen-bond donors (Lipinski definition) is 1. The summed E-state index contributed by atoms with van der Waals surface area (Å²) >= 11 is 0. The lowest BCUT2D eigenvalue weighted by atomic mass is 9.81. The fourth-order valence-corrected chi connectivity index (χ4v) is 3.58. The summed E-state index contributed by atoms with van der Waals surface area (Å²) in [5.41, 5.74) is 7.70. The molecule has 2 N–H and O–H groups in total. The Labute approximate surface area is 128 Å². The molecule has 1 aromatic rings. The third-order valence-corrected chi connectivity index (χ3v) is 5.64. The average molecular weight is 292 g/mol. The Morgan fingerprint density at radius 2 is 1.86 bits per heavy atom. The topological polar surface area (TPSA) is 29.3 Å². The molecule has 1 fully saturated rings. The maximum Gasteiger partial charge on any atom is 0.123 e. The first kappa shape index (κ1) is 16.4. The van der Waals surface area contributed by atoms with E-state index >= 15 is 0 Å². The van der Waals surface area contributed by atoms with E-state index in [1.807, 2.05) is 12.1 Å². The van der Waals surface area contributed by atoms with E-state index < -0.39 is 0 Å². The zero-order valence-electron chi connectivity index (χ0n) is 13.7. The molecule has 0 radical (unpaired) electrons. The number of halogens is 1. The highest BCUT2D eigenvalue weighted by atomic mass is 19.1. The van der Waals surface area contributed by atoms with E-state index in [0.29, 0.717) is 12.0 Å². The van der Waals surface area contributed by atoms with Crippen molar-refractivity contribution in [2.75, 3.05) is 19.6 Å². The smallest absolute Gasteiger partial charge is 0.123 e. The average Bonchev–Trinajstić information content (AvgIpc) is 2.95. The molecule has 0 aliphatic carbocycles. The molecule has 2 nitrogen and oxygen atoms in total. The van der Waals surface area contributed by atoms with E-state index in [1.165, 1.54) is 19.3 Å². The third-order valence-electron chi connectivity index (χ3n) is 5.64. The summed E-state index contributed by atoms with van der Waals surface area (Å²) in [6.45, 7) is 9.73. The van der Waals surface area contributed by atoms with Crippen molar-refractivity contribution in [3.8, 4) is 0 Å². The number of nitrogens with two attached hydrogens (primary N) is 1. The number of nitrogens with zero attached hydrogens (tertiary/aromatic N) is 1. The van der Waals surface area contributed by atoms with Crippen LogP contribution in [-0.2, 0) is 6.42 Å². The highest BCUT2D eigenvalue weighted by molar-refractivity contribution is 5.19. The fourth-order valence-electron chi connectivity index (χ4n) is 3.58. The molecule has 0 saturated carbocycles. The molecule has 1 heterocycles. The standard InChI is InChI=1S/C18H29FN2/c1-4-18(5-2)10-11-21(14-18)17(3,13-20)12-15-6-8-16(19)9-7-15/h6-9H,4-5,10-14,20H2,1-3H3. The molecule has 0 bridgehead atoms. The summed E-state index contributed by atoms with van der Waals surface area (Å²) in [5.74, 6) is -0.176. The van der Waals surface area contributed by atoms with Gasteiger partial charge in [0.25, 0.3) is 0 Å². The Kier molecular flexibility index (Phi) is 5.05. The molecule has 21 heavy (non-hydrogen) atoms. The maximum absolute atomic E-state index is 13.1. The first-order valence-corrected chi connectivity index (χ1v) is 8.16. The van der Waals surface area contributed by atoms with Crippen LogP contribution < -0.4 is 5.73 Å². The van der Waals surface area contributed by atoms with Gasteiger partial charge in [-0.25, -0.2) is 4.39 Å². The number of benzene rings is 1. The van der Waals surface area contributed by atoms with Gasteiger partial charge < -0.3 is 5.73 Å². The Morgan fingerprint density at radius 3 is 2.33 bits per heavy atom. The van der Waals surface area contributed by atoms with Crippen LogP contribution in [0.1, 0.15) is 45.6 Å². The molecule has 1 aliphatic rings. The Morgan fingerprint density at radius 1 is 1.24 bits per heavy atom. The zero-order valence-corrected chi connectivity index (χ0v) is 13.7. The van der Waals surface area contributed by atoms with Crippen LogP contribution in [0.2, 0.25) is 0 Å². The summed E-state index contributed by atoms with van der Waals surface area (Å²) in [4.78, 5) is 2.56. The second-order valence-corrected chi connectivity index (χ2v) is 6.88. The molecule has 1 unspecified atom stereocenters. The summed E-state index contributed by atoms with van der Waals surface area (Å²) < 4.78 is 13.1. The lowest BCUT2D eigenvalue weighted by Gasteiger charge is -2.40. The van der Waals surface area contributed by atoms with Gasteiger partial charge in [-0.1, -0.05) is 26.0 Å². The molecule has 0 spiro atoms. The fraction of sp³-hybridized carbons (Fsp3) is 0.667. The summed E-state index contributed by atoms with van der Waals surface area (Å²) in [6, 6.07) is 6.84. The van der Waals surface area contributed by atoms with E-state index in [-0.39, 0.29) is 11.4 Å². The second-order valence-electron chi connectivity index (χ2n) is 6.88. The SMILES string of the molecule is CCC1(CC)CCN(C(C)(CN)Cc2ccc(F)cc2)C1. The highest BCUT2D eigenvalue weighted by Gasteiger charge is 2.42. The van der Waals surface area contributed by atoms with Gasteiger partial charge in [-0.3, -0.25) is 4.90 Å². The van der Waals surface area contributed by atoms with Crippen LogP contribution in [0.15, 0.2) is 24.3 Å². The normalized spacial score (nSPS) is 21.4. The van der Waals surface area contributed by atoms with Crippen LogP contribution in [0, 0.1) is 11.2 Å². The minimum atomic E-state index is -0.176. The van der Waals surface area contributed by atoms with E-state index in [1.54, 1.807) is 12.1 Å². The number of rotatable bonds is 6.